The molecule has 188 valence electrons. The molecule has 2 aromatic carbocycles. The number of para-hydroxylation sites is 1. The molecule has 4 rings (SSSR count). The third kappa shape index (κ3) is 6.94. The van der Waals surface area contributed by atoms with Crippen molar-refractivity contribution in [1.82, 2.24) is 5.32 Å². The minimum atomic E-state index is -3.72. The van der Waals surface area contributed by atoms with Crippen molar-refractivity contribution in [3.8, 4) is 10.4 Å². The zero-order valence-corrected chi connectivity index (χ0v) is 22.2. The summed E-state index contributed by atoms with van der Waals surface area (Å²) >= 11 is 1.23. The number of thiophene rings is 1. The molecule has 5 nitrogen and oxygen atoms in total. The largest absolute Gasteiger partial charge is 0.389 e. The highest BCUT2D eigenvalue weighted by molar-refractivity contribution is 7.94. The molecule has 1 aliphatic carbocycles. The molecule has 0 spiro atoms. The summed E-state index contributed by atoms with van der Waals surface area (Å²) < 4.78 is 29.5. The van der Waals surface area contributed by atoms with Crippen LogP contribution in [0.4, 0.5) is 5.69 Å². The van der Waals surface area contributed by atoms with Crippen LogP contribution in [0.25, 0.3) is 10.4 Å². The highest BCUT2D eigenvalue weighted by atomic mass is 32.2. The molecule has 1 aromatic heterocycles. The van der Waals surface area contributed by atoms with Gasteiger partial charge in [-0.05, 0) is 67.1 Å². The number of nitrogens with one attached hydrogen (secondary N) is 2. The maximum Gasteiger partial charge on any atom is 0.271 e. The van der Waals surface area contributed by atoms with Crippen LogP contribution in [0.5, 0.6) is 0 Å². The number of hydrogen-bond acceptors (Lipinski definition) is 5. The van der Waals surface area contributed by atoms with Gasteiger partial charge in [0, 0.05) is 17.5 Å². The van der Waals surface area contributed by atoms with Crippen LogP contribution in [-0.4, -0.2) is 19.6 Å². The Bertz CT molecular complexity index is 1210. The number of aliphatic hydroxyl groups is 1. The molecule has 0 aliphatic heterocycles. The fourth-order valence-corrected chi connectivity index (χ4v) is 7.23. The van der Waals surface area contributed by atoms with Gasteiger partial charge in [0.1, 0.15) is 4.21 Å². The van der Waals surface area contributed by atoms with E-state index in [1.807, 2.05) is 54.6 Å². The van der Waals surface area contributed by atoms with Crippen molar-refractivity contribution in [3.63, 3.8) is 0 Å². The van der Waals surface area contributed by atoms with Crippen molar-refractivity contribution >= 4 is 27.0 Å². The van der Waals surface area contributed by atoms with Crippen molar-refractivity contribution < 1.29 is 13.5 Å². The zero-order valence-electron chi connectivity index (χ0n) is 20.5. The van der Waals surface area contributed by atoms with Crippen molar-refractivity contribution in [2.75, 3.05) is 4.72 Å². The highest BCUT2D eigenvalue weighted by Crippen LogP contribution is 2.33. The smallest absolute Gasteiger partial charge is 0.271 e. The maximum absolute atomic E-state index is 13.2. The lowest BCUT2D eigenvalue weighted by atomic mass is 9.85. The van der Waals surface area contributed by atoms with E-state index in [4.69, 9.17) is 0 Å². The standard InChI is InChI=1S/C28H36N2O3S2/c1-20(17-22-9-4-3-5-10-22)29-19-25-11-6-7-14-26(25)30-35(32,33)28-16-15-27(34-28)24-13-8-12-23(18-24)21(2)31/h6-8,11-16,18,20-22,29-31H,3-5,9-10,17,19H2,1-2H3/t20-,21?/m0/s1. The van der Waals surface area contributed by atoms with Crippen LogP contribution < -0.4 is 10.0 Å². The maximum atomic E-state index is 13.2. The molecular formula is C28H36N2O3S2. The number of sulfonamides is 1. The Labute approximate surface area is 213 Å². The minimum absolute atomic E-state index is 0.267. The van der Waals surface area contributed by atoms with Crippen LogP contribution in [0, 0.1) is 5.92 Å². The lowest BCUT2D eigenvalue weighted by Crippen LogP contribution is -2.29. The molecule has 1 unspecified atom stereocenters. The second-order valence-electron chi connectivity index (χ2n) is 9.70. The SMILES string of the molecule is CC(O)c1cccc(-c2ccc(S(=O)(=O)Nc3ccccc3CN[C@@H](C)CC3CCCCC3)s2)c1. The van der Waals surface area contributed by atoms with Gasteiger partial charge in [0.25, 0.3) is 10.0 Å². The summed E-state index contributed by atoms with van der Waals surface area (Å²) in [4.78, 5) is 0.847. The number of anilines is 1. The predicted octanol–water partition coefficient (Wildman–Crippen LogP) is 6.72. The minimum Gasteiger partial charge on any atom is -0.389 e. The van der Waals surface area contributed by atoms with Crippen molar-refractivity contribution in [3.05, 3.63) is 71.8 Å². The van der Waals surface area contributed by atoms with Crippen molar-refractivity contribution in [2.45, 2.75) is 75.3 Å². The van der Waals surface area contributed by atoms with Crippen molar-refractivity contribution in [2.24, 2.45) is 5.92 Å². The number of rotatable bonds is 10. The molecule has 7 heteroatoms. The third-order valence-electron chi connectivity index (χ3n) is 6.81. The summed E-state index contributed by atoms with van der Waals surface area (Å²) in [7, 11) is -3.72. The van der Waals surface area contributed by atoms with Crippen molar-refractivity contribution in [1.29, 1.82) is 0 Å². The van der Waals surface area contributed by atoms with Crippen LogP contribution in [0.2, 0.25) is 0 Å². The molecule has 3 N–H and O–H groups in total. The molecule has 0 bridgehead atoms. The lowest BCUT2D eigenvalue weighted by Gasteiger charge is -2.25. The Morgan fingerprint density at radius 3 is 2.54 bits per heavy atom. The van der Waals surface area contributed by atoms with E-state index in [9.17, 15) is 13.5 Å². The first-order chi connectivity index (χ1) is 16.8. The van der Waals surface area contributed by atoms with Gasteiger partial charge in [-0.1, -0.05) is 68.5 Å². The molecule has 0 radical (unpaired) electrons. The topological polar surface area (TPSA) is 78.4 Å². The molecule has 3 aromatic rings. The van der Waals surface area contributed by atoms with E-state index >= 15 is 0 Å². The van der Waals surface area contributed by atoms with Gasteiger partial charge < -0.3 is 10.4 Å². The van der Waals surface area contributed by atoms with Gasteiger partial charge in [-0.15, -0.1) is 11.3 Å². The summed E-state index contributed by atoms with van der Waals surface area (Å²) in [5, 5.41) is 13.5. The van der Waals surface area contributed by atoms with Gasteiger partial charge in [0.05, 0.1) is 11.8 Å². The Balaban J connectivity index is 1.43. The fourth-order valence-electron chi connectivity index (χ4n) is 4.83. The van der Waals surface area contributed by atoms with E-state index < -0.39 is 16.1 Å². The van der Waals surface area contributed by atoms with Gasteiger partial charge >= 0.3 is 0 Å². The van der Waals surface area contributed by atoms with Gasteiger partial charge in [-0.25, -0.2) is 8.42 Å². The predicted molar refractivity (Wildman–Crippen MR) is 145 cm³/mol. The average molecular weight is 513 g/mol. The van der Waals surface area contributed by atoms with E-state index in [0.717, 1.165) is 27.5 Å². The summed E-state index contributed by atoms with van der Waals surface area (Å²) in [6, 6.07) is 19.0. The molecule has 2 atom stereocenters. The summed E-state index contributed by atoms with van der Waals surface area (Å²) in [5.41, 5.74) is 3.24. The zero-order chi connectivity index (χ0) is 24.8. The van der Waals surface area contributed by atoms with E-state index in [1.165, 1.54) is 49.9 Å². The summed E-state index contributed by atoms with van der Waals surface area (Å²) in [5.74, 6) is 0.800. The lowest BCUT2D eigenvalue weighted by molar-refractivity contribution is 0.199. The first-order valence-electron chi connectivity index (χ1n) is 12.5. The highest BCUT2D eigenvalue weighted by Gasteiger charge is 2.20. The molecule has 1 aliphatic rings. The van der Waals surface area contributed by atoms with Crippen LogP contribution >= 0.6 is 11.3 Å². The number of aliphatic hydroxyl groups excluding tert-OH is 1. The molecule has 35 heavy (non-hydrogen) atoms. The quantitative estimate of drug-likeness (QED) is 0.282. The van der Waals surface area contributed by atoms with E-state index in [0.29, 0.717) is 18.3 Å². The van der Waals surface area contributed by atoms with Gasteiger partial charge in [0.15, 0.2) is 0 Å². The molecular weight excluding hydrogens is 476 g/mol. The van der Waals surface area contributed by atoms with E-state index in [-0.39, 0.29) is 4.21 Å². The van der Waals surface area contributed by atoms with E-state index in [2.05, 4.69) is 17.0 Å². The van der Waals surface area contributed by atoms with E-state index in [1.54, 1.807) is 13.0 Å². The van der Waals surface area contributed by atoms with Crippen LogP contribution in [0.1, 0.15) is 69.6 Å². The average Bonchev–Trinajstić information content (AvgIpc) is 3.36. The Hall–Kier alpha value is -2.19. The molecule has 1 saturated carbocycles. The third-order valence-corrected chi connectivity index (χ3v) is 9.81. The Kier molecular flexibility index (Phi) is 8.65. The second kappa shape index (κ2) is 11.7. The summed E-state index contributed by atoms with van der Waals surface area (Å²) in [6.07, 6.45) is 7.31. The molecule has 0 amide bonds. The molecule has 1 heterocycles. The van der Waals surface area contributed by atoms with Gasteiger partial charge in [-0.2, -0.15) is 0 Å². The van der Waals surface area contributed by atoms with Gasteiger partial charge in [-0.3, -0.25) is 4.72 Å². The van der Waals surface area contributed by atoms with Gasteiger partial charge in [0.2, 0.25) is 0 Å². The van der Waals surface area contributed by atoms with Crippen LogP contribution in [0.3, 0.4) is 0 Å². The Morgan fingerprint density at radius 2 is 1.77 bits per heavy atom. The molecule has 0 saturated heterocycles. The number of hydrogen-bond donors (Lipinski definition) is 3. The first kappa shape index (κ1) is 25.9. The summed E-state index contributed by atoms with van der Waals surface area (Å²) in [6.45, 7) is 4.56. The number of benzene rings is 2. The second-order valence-corrected chi connectivity index (χ2v) is 12.7. The van der Waals surface area contributed by atoms with Crippen LogP contribution in [-0.2, 0) is 16.6 Å². The molecule has 1 fully saturated rings. The first-order valence-corrected chi connectivity index (χ1v) is 14.8. The monoisotopic (exact) mass is 512 g/mol. The normalized spacial score (nSPS) is 16.7. The Morgan fingerprint density at radius 1 is 1.00 bits per heavy atom. The fraction of sp³-hybridized carbons (Fsp3) is 0.429. The van der Waals surface area contributed by atoms with Crippen LogP contribution in [0.15, 0.2) is 64.9 Å².